The Hall–Kier alpha value is -5.20. The number of hydrogen-bond donors (Lipinski definition) is 2. The molecule has 3 aromatic heterocycles. The van der Waals surface area contributed by atoms with E-state index in [0.717, 1.165) is 49.6 Å². The largest absolute Gasteiger partial charge is 0.492 e. The van der Waals surface area contributed by atoms with E-state index < -0.39 is 34.3 Å². The van der Waals surface area contributed by atoms with Gasteiger partial charge in [0, 0.05) is 69.8 Å². The van der Waals surface area contributed by atoms with Crippen LogP contribution in [-0.4, -0.2) is 108 Å². The molecule has 59 heavy (non-hydrogen) atoms. The van der Waals surface area contributed by atoms with E-state index in [9.17, 15) is 14.4 Å². The average molecular weight is 833 g/mol. The van der Waals surface area contributed by atoms with Gasteiger partial charge in [-0.05, 0) is 78.2 Å². The van der Waals surface area contributed by atoms with Crippen molar-refractivity contribution in [3.8, 4) is 16.3 Å². The number of pyridine rings is 2. The maximum Gasteiger partial charge on any atom is 0.325 e. The summed E-state index contributed by atoms with van der Waals surface area (Å²) in [6.45, 7) is 7.82. The van der Waals surface area contributed by atoms with Gasteiger partial charge in [-0.15, -0.1) is 10.2 Å². The first kappa shape index (κ1) is 39.3. The fourth-order valence-electron chi connectivity index (χ4n) is 9.30. The van der Waals surface area contributed by atoms with Gasteiger partial charge in [-0.1, -0.05) is 11.3 Å². The number of carbonyl (C=O) groups is 1. The third-order valence-corrected chi connectivity index (χ3v) is 13.6. The molecule has 3 atom stereocenters. The van der Waals surface area contributed by atoms with Crippen LogP contribution in [0.2, 0.25) is 0 Å². The molecular formula is C41H47F3N10O4S. The van der Waals surface area contributed by atoms with E-state index in [2.05, 4.69) is 42.6 Å². The Morgan fingerprint density at radius 3 is 2.32 bits per heavy atom. The standard InChI is InChI=1S/C41H47F3N10O4S/c1-6-51-19-29(37(56)24-14-27(42)34(31(44)32(24)51)52-13-12-49(3)21(2)16-52)45-40(57)46-41-48-47-39(59-41)26-18-54(23-9-10-23)33-25(36(26)55)15-28(43)35(38(33)58-5)53-17-22-8-7-11-50(4)30(22)20-53/h14-15,18-19,21-23,30H,6-13,16-17,20H2,1-5H3,(H2,45,46,48,57). The second-order valence-corrected chi connectivity index (χ2v) is 17.3. The Morgan fingerprint density at radius 2 is 1.63 bits per heavy atom. The third-order valence-electron chi connectivity index (χ3n) is 12.7. The van der Waals surface area contributed by atoms with Gasteiger partial charge in [-0.25, -0.2) is 18.0 Å². The Bertz CT molecular complexity index is 2630. The number of aryl methyl sites for hydroxylation is 1. The number of anilines is 4. The molecule has 0 radical (unpaired) electrons. The summed E-state index contributed by atoms with van der Waals surface area (Å²) < 4.78 is 57.4. The molecule has 2 aromatic carbocycles. The van der Waals surface area contributed by atoms with E-state index in [1.165, 1.54) is 23.9 Å². The minimum absolute atomic E-state index is 0.0225. The van der Waals surface area contributed by atoms with Crippen LogP contribution in [0.15, 0.2) is 34.1 Å². The maximum atomic E-state index is 16.3. The second kappa shape index (κ2) is 15.1. The van der Waals surface area contributed by atoms with Gasteiger partial charge in [0.15, 0.2) is 27.8 Å². The molecule has 3 saturated heterocycles. The number of likely N-dealkylation sites (tertiary alicyclic amines) is 1. The van der Waals surface area contributed by atoms with E-state index in [1.807, 2.05) is 18.5 Å². The number of rotatable bonds is 8. The van der Waals surface area contributed by atoms with Crippen molar-refractivity contribution in [1.82, 2.24) is 29.1 Å². The van der Waals surface area contributed by atoms with Crippen LogP contribution in [0.3, 0.4) is 0 Å². The lowest BCUT2D eigenvalue weighted by Crippen LogP contribution is -2.50. The Balaban J connectivity index is 0.996. The summed E-state index contributed by atoms with van der Waals surface area (Å²) in [6.07, 6.45) is 6.98. The number of piperidine rings is 1. The number of carbonyl (C=O) groups excluding carboxylic acids is 1. The smallest absolute Gasteiger partial charge is 0.325 e. The molecule has 0 bridgehead atoms. The van der Waals surface area contributed by atoms with E-state index in [-0.39, 0.29) is 62.0 Å². The van der Waals surface area contributed by atoms with E-state index >= 15 is 13.2 Å². The molecule has 5 aromatic rings. The molecule has 4 aliphatic rings. The van der Waals surface area contributed by atoms with Gasteiger partial charge < -0.3 is 38.8 Å². The molecule has 18 heteroatoms. The minimum Gasteiger partial charge on any atom is -0.492 e. The number of methoxy groups -OCH3 is 1. The lowest BCUT2D eigenvalue weighted by molar-refractivity contribution is 0.158. The van der Waals surface area contributed by atoms with Crippen molar-refractivity contribution in [3.63, 3.8) is 0 Å². The van der Waals surface area contributed by atoms with Crippen molar-refractivity contribution in [2.24, 2.45) is 5.92 Å². The molecule has 14 nitrogen and oxygen atoms in total. The van der Waals surface area contributed by atoms with E-state index in [4.69, 9.17) is 4.74 Å². The Morgan fingerprint density at radius 1 is 0.881 bits per heavy atom. The number of aromatic nitrogens is 4. The highest BCUT2D eigenvalue weighted by Crippen LogP contribution is 2.46. The number of amides is 2. The van der Waals surface area contributed by atoms with Crippen LogP contribution in [-0.2, 0) is 6.54 Å². The summed E-state index contributed by atoms with van der Waals surface area (Å²) >= 11 is 0.936. The quantitative estimate of drug-likeness (QED) is 0.194. The van der Waals surface area contributed by atoms with Crippen LogP contribution in [0, 0.1) is 23.4 Å². The number of halogens is 3. The number of fused-ring (bicyclic) bond motifs is 3. The van der Waals surface area contributed by atoms with Crippen LogP contribution >= 0.6 is 11.3 Å². The topological polar surface area (TPSA) is 133 Å². The lowest BCUT2D eigenvalue weighted by atomic mass is 9.93. The van der Waals surface area contributed by atoms with E-state index in [1.54, 1.807) is 18.0 Å². The van der Waals surface area contributed by atoms with Gasteiger partial charge in [0.2, 0.25) is 10.6 Å². The molecule has 2 amide bonds. The first-order chi connectivity index (χ1) is 28.4. The van der Waals surface area contributed by atoms with Gasteiger partial charge in [-0.3, -0.25) is 14.9 Å². The van der Waals surface area contributed by atoms with Crippen molar-refractivity contribution >= 4 is 61.4 Å². The number of hydrogen-bond acceptors (Lipinski definition) is 11. The molecule has 312 valence electrons. The van der Waals surface area contributed by atoms with Crippen LogP contribution in [0.4, 0.5) is 40.2 Å². The number of likely N-dealkylation sites (N-methyl/N-ethyl adjacent to an activating group) is 2. The minimum atomic E-state index is -0.859. The zero-order valence-electron chi connectivity index (χ0n) is 33.6. The van der Waals surface area contributed by atoms with Crippen molar-refractivity contribution in [2.75, 3.05) is 80.9 Å². The van der Waals surface area contributed by atoms with Gasteiger partial charge in [0.25, 0.3) is 0 Å². The molecule has 1 saturated carbocycles. The molecular weight excluding hydrogens is 786 g/mol. The van der Waals surface area contributed by atoms with Gasteiger partial charge in [-0.2, -0.15) is 0 Å². The van der Waals surface area contributed by atoms with Crippen LogP contribution in [0.1, 0.15) is 45.6 Å². The zero-order valence-corrected chi connectivity index (χ0v) is 34.5. The van der Waals surface area contributed by atoms with Crippen molar-refractivity contribution in [1.29, 1.82) is 0 Å². The second-order valence-electron chi connectivity index (χ2n) is 16.3. The number of nitrogens with zero attached hydrogens (tertiary/aromatic N) is 8. The fourth-order valence-corrected chi connectivity index (χ4v) is 10.0. The highest BCUT2D eigenvalue weighted by atomic mass is 32.1. The lowest BCUT2D eigenvalue weighted by Gasteiger charge is -2.39. The summed E-state index contributed by atoms with van der Waals surface area (Å²) in [7, 11) is 5.59. The van der Waals surface area contributed by atoms with Crippen molar-refractivity contribution in [2.45, 2.75) is 64.2 Å². The number of ether oxygens (including phenoxy) is 1. The molecule has 4 fully saturated rings. The number of urea groups is 1. The number of benzene rings is 2. The predicted octanol–water partition coefficient (Wildman–Crippen LogP) is 5.93. The highest BCUT2D eigenvalue weighted by Gasteiger charge is 2.40. The molecule has 2 N–H and O–H groups in total. The van der Waals surface area contributed by atoms with Gasteiger partial charge in [0.05, 0.1) is 34.5 Å². The number of piperazine rings is 1. The summed E-state index contributed by atoms with van der Waals surface area (Å²) in [5, 5.41) is 13.5. The molecule has 1 aliphatic carbocycles. The fraction of sp³-hybridized carbons (Fsp3) is 0.488. The molecule has 6 heterocycles. The van der Waals surface area contributed by atoms with E-state index in [0.29, 0.717) is 61.6 Å². The molecule has 3 aliphatic heterocycles. The van der Waals surface area contributed by atoms with Crippen LogP contribution in [0.25, 0.3) is 32.4 Å². The highest BCUT2D eigenvalue weighted by molar-refractivity contribution is 7.18. The summed E-state index contributed by atoms with van der Waals surface area (Å²) in [4.78, 5) is 49.3. The SMILES string of the molecule is CCn1cc(NC(=O)Nc2nnc(-c3cn(C4CC4)c4c(OC)c(N5CC6CCCN(C)C6C5)c(F)cc4c3=O)s2)c(=O)c2cc(F)c(N3CCN(C)C(C)C3)c(F)c21. The monoisotopic (exact) mass is 832 g/mol. The van der Waals surface area contributed by atoms with Crippen LogP contribution in [0.5, 0.6) is 5.75 Å². The number of nitrogens with one attached hydrogen (secondary N) is 2. The van der Waals surface area contributed by atoms with Crippen molar-refractivity contribution in [3.05, 3.63) is 62.4 Å². The Kier molecular flexibility index (Phi) is 10.1. The zero-order chi connectivity index (χ0) is 41.4. The summed E-state index contributed by atoms with van der Waals surface area (Å²) in [5.41, 5.74) is -0.551. The Labute approximate surface area is 342 Å². The maximum absolute atomic E-state index is 16.3. The van der Waals surface area contributed by atoms with Gasteiger partial charge >= 0.3 is 6.03 Å². The predicted molar refractivity (Wildman–Crippen MR) is 224 cm³/mol. The average Bonchev–Trinajstić information content (AvgIpc) is 3.79. The first-order valence-electron chi connectivity index (χ1n) is 20.2. The van der Waals surface area contributed by atoms with Crippen LogP contribution < -0.4 is 36.0 Å². The molecule has 9 rings (SSSR count). The first-order valence-corrected chi connectivity index (χ1v) is 21.0. The normalized spacial score (nSPS) is 21.4. The van der Waals surface area contributed by atoms with Gasteiger partial charge in [0.1, 0.15) is 22.9 Å². The molecule has 3 unspecified atom stereocenters. The molecule has 0 spiro atoms. The summed E-state index contributed by atoms with van der Waals surface area (Å²) in [5.74, 6) is -1.47. The summed E-state index contributed by atoms with van der Waals surface area (Å²) in [6, 6.07) is 1.95. The van der Waals surface area contributed by atoms with Crippen molar-refractivity contribution < 1.29 is 22.7 Å². The third kappa shape index (κ3) is 6.78.